The Morgan fingerprint density at radius 1 is 1.06 bits per heavy atom. The minimum atomic E-state index is -1.49. The van der Waals surface area contributed by atoms with Crippen LogP contribution in [0.2, 0.25) is 0 Å². The van der Waals surface area contributed by atoms with Crippen LogP contribution in [0.4, 0.5) is 30.6 Å². The summed E-state index contributed by atoms with van der Waals surface area (Å²) in [6.07, 6.45) is 5.71. The topological polar surface area (TPSA) is 79.2 Å². The van der Waals surface area contributed by atoms with E-state index in [-0.39, 0.29) is 24.2 Å². The third-order valence-corrected chi connectivity index (χ3v) is 5.41. The third-order valence-electron chi connectivity index (χ3n) is 5.41. The van der Waals surface area contributed by atoms with Crippen molar-refractivity contribution >= 4 is 23.9 Å². The van der Waals surface area contributed by atoms with Crippen LogP contribution in [0.1, 0.15) is 45.7 Å². The van der Waals surface area contributed by atoms with Crippen molar-refractivity contribution in [2.24, 2.45) is 0 Å². The van der Waals surface area contributed by atoms with Crippen molar-refractivity contribution in [3.63, 3.8) is 0 Å². The number of nitrogens with one attached hydrogen (secondary N) is 1. The van der Waals surface area contributed by atoms with E-state index in [9.17, 15) is 18.0 Å². The number of rotatable bonds is 11. The summed E-state index contributed by atoms with van der Waals surface area (Å²) in [4.78, 5) is 24.4. The van der Waals surface area contributed by atoms with Gasteiger partial charge in [-0.1, -0.05) is 0 Å². The summed E-state index contributed by atoms with van der Waals surface area (Å²) in [5.74, 6) is -2.94. The Labute approximate surface area is 202 Å². The van der Waals surface area contributed by atoms with E-state index in [1.165, 1.54) is 4.68 Å². The van der Waals surface area contributed by atoms with Gasteiger partial charge >= 0.3 is 0 Å². The summed E-state index contributed by atoms with van der Waals surface area (Å²) >= 11 is 0. The van der Waals surface area contributed by atoms with Crippen LogP contribution in [-0.2, 0) is 17.9 Å². The fraction of sp³-hybridized carbons (Fsp3) is 0.417. The molecular formula is C24H30F3N7O. The first-order valence-corrected chi connectivity index (χ1v) is 11.4. The summed E-state index contributed by atoms with van der Waals surface area (Å²) in [5, 5.41) is 7.36. The fourth-order valence-corrected chi connectivity index (χ4v) is 3.88. The molecule has 0 spiro atoms. The van der Waals surface area contributed by atoms with Crippen molar-refractivity contribution in [2.75, 3.05) is 21.7 Å². The zero-order valence-electron chi connectivity index (χ0n) is 20.5. The predicted octanol–water partition coefficient (Wildman–Crippen LogP) is 4.36. The number of hydrogen-bond donors (Lipinski definition) is 1. The van der Waals surface area contributed by atoms with Crippen LogP contribution in [0.25, 0.3) is 0 Å². The van der Waals surface area contributed by atoms with Crippen LogP contribution in [0, 0.1) is 17.5 Å². The average molecular weight is 490 g/mol. The van der Waals surface area contributed by atoms with E-state index in [0.29, 0.717) is 30.5 Å². The Hall–Kier alpha value is -3.63. The molecule has 0 fully saturated rings. The van der Waals surface area contributed by atoms with Gasteiger partial charge in [0.2, 0.25) is 12.4 Å². The molecular weight excluding hydrogens is 459 g/mol. The summed E-state index contributed by atoms with van der Waals surface area (Å²) in [5.41, 5.74) is 1.67. The summed E-state index contributed by atoms with van der Waals surface area (Å²) in [7, 11) is 0. The van der Waals surface area contributed by atoms with Gasteiger partial charge in [0.05, 0.1) is 18.9 Å². The number of anilines is 3. The van der Waals surface area contributed by atoms with Gasteiger partial charge in [0.15, 0.2) is 23.3 Å². The summed E-state index contributed by atoms with van der Waals surface area (Å²) < 4.78 is 41.6. The molecule has 11 heteroatoms. The van der Waals surface area contributed by atoms with Crippen LogP contribution in [0.5, 0.6) is 0 Å². The maximum atomic E-state index is 13.5. The molecule has 1 N–H and O–H groups in total. The molecule has 0 saturated heterocycles. The van der Waals surface area contributed by atoms with E-state index < -0.39 is 17.5 Å². The van der Waals surface area contributed by atoms with Crippen LogP contribution in [0.3, 0.4) is 0 Å². The highest BCUT2D eigenvalue weighted by atomic mass is 19.2. The minimum absolute atomic E-state index is 0.0831. The Kier molecular flexibility index (Phi) is 8.31. The van der Waals surface area contributed by atoms with Gasteiger partial charge in [-0.05, 0) is 52.3 Å². The Balaban J connectivity index is 1.78. The van der Waals surface area contributed by atoms with E-state index in [1.54, 1.807) is 23.5 Å². The quantitative estimate of drug-likeness (QED) is 0.319. The molecule has 0 aliphatic heterocycles. The van der Waals surface area contributed by atoms with Crippen LogP contribution >= 0.6 is 0 Å². The van der Waals surface area contributed by atoms with Crippen molar-refractivity contribution in [3.8, 4) is 0 Å². The largest absolute Gasteiger partial charge is 0.350 e. The van der Waals surface area contributed by atoms with Gasteiger partial charge in [-0.3, -0.25) is 9.48 Å². The number of carbonyl (C=O) groups is 1. The van der Waals surface area contributed by atoms with E-state index in [2.05, 4.69) is 48.0 Å². The summed E-state index contributed by atoms with van der Waals surface area (Å²) in [6.45, 7) is 11.0. The molecule has 188 valence electrons. The Morgan fingerprint density at radius 2 is 1.71 bits per heavy atom. The first kappa shape index (κ1) is 26.0. The number of nitrogens with zero attached hydrogens (tertiary/aromatic N) is 6. The lowest BCUT2D eigenvalue weighted by molar-refractivity contribution is -0.107. The molecule has 0 radical (unpaired) electrons. The number of aromatic nitrogens is 4. The van der Waals surface area contributed by atoms with Crippen molar-refractivity contribution in [3.05, 3.63) is 59.3 Å². The monoisotopic (exact) mass is 489 g/mol. The van der Waals surface area contributed by atoms with Gasteiger partial charge in [-0.25, -0.2) is 18.2 Å². The van der Waals surface area contributed by atoms with Gasteiger partial charge in [0.25, 0.3) is 0 Å². The smallest absolute Gasteiger partial charge is 0.225 e. The molecule has 0 unspecified atom stereocenters. The molecule has 0 atom stereocenters. The van der Waals surface area contributed by atoms with Gasteiger partial charge in [-0.2, -0.15) is 10.1 Å². The highest BCUT2D eigenvalue weighted by molar-refractivity contribution is 5.82. The fourth-order valence-electron chi connectivity index (χ4n) is 3.88. The number of benzene rings is 1. The van der Waals surface area contributed by atoms with E-state index in [4.69, 9.17) is 4.98 Å². The van der Waals surface area contributed by atoms with E-state index >= 15 is 0 Å². The van der Waals surface area contributed by atoms with Gasteiger partial charge < -0.3 is 15.1 Å². The Morgan fingerprint density at radius 3 is 2.29 bits per heavy atom. The molecule has 0 aliphatic carbocycles. The van der Waals surface area contributed by atoms with Crippen molar-refractivity contribution in [1.29, 1.82) is 0 Å². The maximum Gasteiger partial charge on any atom is 0.225 e. The molecule has 3 aromatic rings. The lowest BCUT2D eigenvalue weighted by atomic mass is 10.2. The number of carbonyl (C=O) groups excluding carboxylic acids is 1. The van der Waals surface area contributed by atoms with Gasteiger partial charge in [0, 0.05) is 36.9 Å². The molecule has 0 aliphatic rings. The average Bonchev–Trinajstić information content (AvgIpc) is 3.24. The number of hydrogen-bond acceptors (Lipinski definition) is 6. The van der Waals surface area contributed by atoms with E-state index in [0.717, 1.165) is 24.1 Å². The molecule has 1 aromatic carbocycles. The first-order chi connectivity index (χ1) is 16.6. The SMILES string of the molecule is CCN(C=O)c1cnc(NCc2cnn(Cc3cc(F)c(F)c(F)c3)c2)nc1N(C(C)C)C(C)C. The van der Waals surface area contributed by atoms with E-state index in [1.807, 2.05) is 6.92 Å². The Bertz CT molecular complexity index is 1130. The lowest BCUT2D eigenvalue weighted by Crippen LogP contribution is -2.39. The highest BCUT2D eigenvalue weighted by Gasteiger charge is 2.23. The maximum absolute atomic E-state index is 13.5. The highest BCUT2D eigenvalue weighted by Crippen LogP contribution is 2.30. The number of amides is 1. The second-order valence-electron chi connectivity index (χ2n) is 8.66. The molecule has 2 aromatic heterocycles. The normalized spacial score (nSPS) is 11.3. The second-order valence-corrected chi connectivity index (χ2v) is 8.66. The van der Waals surface area contributed by atoms with Crippen molar-refractivity contribution < 1.29 is 18.0 Å². The third kappa shape index (κ3) is 6.09. The van der Waals surface area contributed by atoms with Crippen molar-refractivity contribution in [2.45, 2.75) is 59.8 Å². The van der Waals surface area contributed by atoms with Gasteiger partial charge in [-0.15, -0.1) is 0 Å². The molecule has 3 rings (SSSR count). The first-order valence-electron chi connectivity index (χ1n) is 11.4. The van der Waals surface area contributed by atoms with Crippen molar-refractivity contribution in [1.82, 2.24) is 19.7 Å². The zero-order chi connectivity index (χ0) is 25.7. The molecule has 1 amide bonds. The summed E-state index contributed by atoms with van der Waals surface area (Å²) in [6, 6.07) is 2.18. The molecule has 35 heavy (non-hydrogen) atoms. The predicted molar refractivity (Wildman–Crippen MR) is 129 cm³/mol. The van der Waals surface area contributed by atoms with Crippen LogP contribution in [0.15, 0.2) is 30.7 Å². The molecule has 2 heterocycles. The second kappa shape index (κ2) is 11.2. The van der Waals surface area contributed by atoms with Crippen LogP contribution < -0.4 is 15.1 Å². The standard InChI is InChI=1S/C24H30F3N7O/c1-6-32(14-35)21-11-29-24(31-23(21)34(15(2)3)16(4)5)28-9-18-10-30-33(13-18)12-17-7-19(25)22(27)20(26)8-17/h7-8,10-11,13-16H,6,9,12H2,1-5H3,(H,28,29,31). The van der Waals surface area contributed by atoms with Gasteiger partial charge in [0.1, 0.15) is 5.69 Å². The number of halogens is 3. The molecule has 8 nitrogen and oxygen atoms in total. The minimum Gasteiger partial charge on any atom is -0.350 e. The lowest BCUT2D eigenvalue weighted by Gasteiger charge is -2.34. The molecule has 0 saturated carbocycles. The molecule has 0 bridgehead atoms. The zero-order valence-corrected chi connectivity index (χ0v) is 20.5. The van der Waals surface area contributed by atoms with Crippen LogP contribution in [-0.4, -0.2) is 44.8 Å².